The highest BCUT2D eigenvalue weighted by molar-refractivity contribution is 8.29. The van der Waals surface area contributed by atoms with E-state index in [-0.39, 0.29) is 34.0 Å². The number of carbonyl (C=O) groups is 2. The summed E-state index contributed by atoms with van der Waals surface area (Å²) in [4.78, 5) is 21.6. The van der Waals surface area contributed by atoms with Crippen molar-refractivity contribution >= 4 is 32.6 Å². The Kier molecular flexibility index (Phi) is 3.98. The van der Waals surface area contributed by atoms with Gasteiger partial charge in [0.2, 0.25) is 0 Å². The second kappa shape index (κ2) is 5.30. The number of carboxylic acid groups (broad SMARTS) is 1. The van der Waals surface area contributed by atoms with Crippen LogP contribution in [0.3, 0.4) is 0 Å². The van der Waals surface area contributed by atoms with Gasteiger partial charge >= 0.3 is 12.0 Å². The van der Waals surface area contributed by atoms with Crippen molar-refractivity contribution in [3.05, 3.63) is 0 Å². The standard InChI is InChI=1S/C10H16N2O3S2/c13-8(14)4-2-1-3-7-9-6(5-17(7)16)11-10(15)12-9/h6-7,9H,1-5H2,(H,13,14)(H2,11,12,15)/t6-,7-,9-,17?/m0/s1. The van der Waals surface area contributed by atoms with E-state index < -0.39 is 5.97 Å². The lowest BCUT2D eigenvalue weighted by atomic mass is 10.0. The summed E-state index contributed by atoms with van der Waals surface area (Å²) in [5.74, 6) is 0.130. The SMILES string of the molecule is O=C(O)CCCC[C@H]1[C@H]2NC(=O)N[C@H]2CS1=S. The molecule has 2 amide bonds. The van der Waals surface area contributed by atoms with Crippen molar-refractivity contribution < 1.29 is 14.7 Å². The van der Waals surface area contributed by atoms with Crippen LogP contribution in [0.15, 0.2) is 0 Å². The summed E-state index contributed by atoms with van der Waals surface area (Å²) >= 11 is 5.44. The molecular weight excluding hydrogens is 260 g/mol. The maximum absolute atomic E-state index is 11.2. The van der Waals surface area contributed by atoms with Crippen molar-refractivity contribution in [3.8, 4) is 0 Å². The maximum atomic E-state index is 11.2. The first-order valence-electron chi connectivity index (χ1n) is 5.74. The zero-order chi connectivity index (χ0) is 12.4. The van der Waals surface area contributed by atoms with E-state index in [4.69, 9.17) is 16.3 Å². The molecule has 96 valence electrons. The van der Waals surface area contributed by atoms with E-state index in [0.29, 0.717) is 11.7 Å². The van der Waals surface area contributed by atoms with Crippen molar-refractivity contribution in [3.63, 3.8) is 0 Å². The van der Waals surface area contributed by atoms with Gasteiger partial charge < -0.3 is 15.7 Å². The number of unbranched alkanes of at least 4 members (excludes halogenated alkanes) is 1. The van der Waals surface area contributed by atoms with Crippen molar-refractivity contribution in [1.82, 2.24) is 10.6 Å². The van der Waals surface area contributed by atoms with Gasteiger partial charge in [0.1, 0.15) is 0 Å². The van der Waals surface area contributed by atoms with Crippen LogP contribution in [0.4, 0.5) is 4.79 Å². The summed E-state index contributed by atoms with van der Waals surface area (Å²) in [5, 5.41) is 14.7. The lowest BCUT2D eigenvalue weighted by Crippen LogP contribution is -2.37. The second-order valence-corrected chi connectivity index (χ2v) is 7.46. The van der Waals surface area contributed by atoms with E-state index >= 15 is 0 Å². The molecule has 1 unspecified atom stereocenters. The van der Waals surface area contributed by atoms with Gasteiger partial charge in [-0.2, -0.15) is 0 Å². The molecule has 0 radical (unpaired) electrons. The molecule has 0 spiro atoms. The highest BCUT2D eigenvalue weighted by Gasteiger charge is 2.44. The van der Waals surface area contributed by atoms with E-state index in [9.17, 15) is 9.59 Å². The van der Waals surface area contributed by atoms with Crippen LogP contribution >= 0.6 is 0 Å². The van der Waals surface area contributed by atoms with Gasteiger partial charge in [0.05, 0.1) is 12.1 Å². The average molecular weight is 276 g/mol. The number of rotatable bonds is 5. The largest absolute Gasteiger partial charge is 0.481 e. The fourth-order valence-electron chi connectivity index (χ4n) is 2.45. The summed E-state index contributed by atoms with van der Waals surface area (Å²) in [7, 11) is -0.0898. The molecule has 17 heavy (non-hydrogen) atoms. The van der Waals surface area contributed by atoms with Gasteiger partial charge in [-0.25, -0.2) is 4.79 Å². The predicted octanol–water partition coefficient (Wildman–Crippen LogP) is 0.144. The van der Waals surface area contributed by atoms with Gasteiger partial charge in [0.15, 0.2) is 0 Å². The number of hydrogen-bond acceptors (Lipinski definition) is 3. The molecule has 2 aliphatic rings. The van der Waals surface area contributed by atoms with Crippen LogP contribution < -0.4 is 10.6 Å². The zero-order valence-electron chi connectivity index (χ0n) is 9.35. The van der Waals surface area contributed by atoms with Crippen molar-refractivity contribution in [1.29, 1.82) is 0 Å². The Hall–Kier alpha value is -0.690. The Balaban J connectivity index is 1.81. The van der Waals surface area contributed by atoms with Gasteiger partial charge in [-0.15, -0.1) is 9.45 Å². The minimum absolute atomic E-state index is 0.0898. The number of fused-ring (bicyclic) bond motifs is 1. The molecule has 0 aromatic heterocycles. The Labute approximate surface area is 107 Å². The molecule has 2 fully saturated rings. The monoisotopic (exact) mass is 276 g/mol. The van der Waals surface area contributed by atoms with E-state index in [1.165, 1.54) is 0 Å². The molecule has 0 aromatic rings. The molecule has 3 N–H and O–H groups in total. The van der Waals surface area contributed by atoms with Crippen LogP contribution in [0.25, 0.3) is 0 Å². The Morgan fingerprint density at radius 1 is 1.47 bits per heavy atom. The lowest BCUT2D eigenvalue weighted by molar-refractivity contribution is -0.137. The smallest absolute Gasteiger partial charge is 0.315 e. The first-order valence-corrected chi connectivity index (χ1v) is 8.12. The molecule has 0 saturated carbocycles. The molecule has 0 aliphatic carbocycles. The Morgan fingerprint density at radius 3 is 2.94 bits per heavy atom. The van der Waals surface area contributed by atoms with Crippen LogP contribution in [0.2, 0.25) is 0 Å². The van der Waals surface area contributed by atoms with Crippen LogP contribution in [-0.2, 0) is 25.4 Å². The molecule has 2 saturated heterocycles. The molecule has 2 heterocycles. The molecule has 0 aromatic carbocycles. The second-order valence-electron chi connectivity index (χ2n) is 4.48. The van der Waals surface area contributed by atoms with Crippen molar-refractivity contribution in [2.45, 2.75) is 43.0 Å². The van der Waals surface area contributed by atoms with Crippen LogP contribution in [0.1, 0.15) is 25.7 Å². The maximum Gasteiger partial charge on any atom is 0.315 e. The lowest BCUT2D eigenvalue weighted by Gasteiger charge is -2.17. The van der Waals surface area contributed by atoms with Gasteiger partial charge in [0, 0.05) is 17.4 Å². The topological polar surface area (TPSA) is 78.4 Å². The van der Waals surface area contributed by atoms with Crippen molar-refractivity contribution in [2.75, 3.05) is 5.75 Å². The molecule has 4 atom stereocenters. The number of urea groups is 1. The number of carbonyl (C=O) groups excluding carboxylic acids is 1. The third-order valence-corrected chi connectivity index (χ3v) is 6.30. The molecule has 7 heteroatoms. The third-order valence-electron chi connectivity index (χ3n) is 3.26. The number of carboxylic acids is 1. The van der Waals surface area contributed by atoms with Crippen LogP contribution in [0, 0.1) is 0 Å². The Bertz CT molecular complexity index is 361. The van der Waals surface area contributed by atoms with Crippen LogP contribution in [-0.4, -0.2) is 40.2 Å². The van der Waals surface area contributed by atoms with E-state index in [0.717, 1.165) is 18.6 Å². The molecular formula is C10H16N2O3S2. The number of nitrogens with one attached hydrogen (secondary N) is 2. The summed E-state index contributed by atoms with van der Waals surface area (Å²) < 4.78 is 0. The predicted molar refractivity (Wildman–Crippen MR) is 68.7 cm³/mol. The quantitative estimate of drug-likeness (QED) is 0.493. The summed E-state index contributed by atoms with van der Waals surface area (Å²) in [6.45, 7) is 0. The number of amides is 2. The van der Waals surface area contributed by atoms with Gasteiger partial charge in [0.25, 0.3) is 0 Å². The van der Waals surface area contributed by atoms with Gasteiger partial charge in [-0.1, -0.05) is 17.6 Å². The molecule has 0 bridgehead atoms. The van der Waals surface area contributed by atoms with E-state index in [1.807, 2.05) is 0 Å². The zero-order valence-corrected chi connectivity index (χ0v) is 11.0. The van der Waals surface area contributed by atoms with E-state index in [2.05, 4.69) is 10.6 Å². The van der Waals surface area contributed by atoms with Gasteiger partial charge in [-0.3, -0.25) is 4.79 Å². The highest BCUT2D eigenvalue weighted by Crippen LogP contribution is 2.25. The average Bonchev–Trinajstić information content (AvgIpc) is 2.69. The first-order chi connectivity index (χ1) is 8.08. The minimum atomic E-state index is -0.748. The van der Waals surface area contributed by atoms with Crippen LogP contribution in [0.5, 0.6) is 0 Å². The highest BCUT2D eigenvalue weighted by atomic mass is 32.8. The third kappa shape index (κ3) is 2.95. The summed E-state index contributed by atoms with van der Waals surface area (Å²) in [5.41, 5.74) is 0. The number of hydrogen-bond donors (Lipinski definition) is 3. The fraction of sp³-hybridized carbons (Fsp3) is 0.800. The summed E-state index contributed by atoms with van der Waals surface area (Å²) in [6, 6.07) is 0.253. The van der Waals surface area contributed by atoms with E-state index in [1.54, 1.807) is 0 Å². The van der Waals surface area contributed by atoms with Crippen molar-refractivity contribution in [2.24, 2.45) is 0 Å². The molecule has 5 nitrogen and oxygen atoms in total. The normalized spacial score (nSPS) is 35.2. The molecule has 2 aliphatic heterocycles. The van der Waals surface area contributed by atoms with Gasteiger partial charge in [-0.05, 0) is 12.8 Å². The minimum Gasteiger partial charge on any atom is -0.481 e. The summed E-state index contributed by atoms with van der Waals surface area (Å²) in [6.07, 6.45) is 2.70. The number of aliphatic carboxylic acids is 1. The molecule has 2 rings (SSSR count). The first kappa shape index (κ1) is 12.8. The Morgan fingerprint density at radius 2 is 2.24 bits per heavy atom. The fourth-order valence-corrected chi connectivity index (χ4v) is 5.44.